The van der Waals surface area contributed by atoms with Gasteiger partial charge in [0.1, 0.15) is 0 Å². The molecule has 0 aliphatic heterocycles. The van der Waals surface area contributed by atoms with Crippen LogP contribution in [0.4, 0.5) is 0 Å². The Morgan fingerprint density at radius 3 is 2.58 bits per heavy atom. The van der Waals surface area contributed by atoms with Gasteiger partial charge in [0.05, 0.1) is 6.54 Å². The molecule has 104 valence electrons. The summed E-state index contributed by atoms with van der Waals surface area (Å²) >= 11 is 3.41. The molecule has 19 heavy (non-hydrogen) atoms. The van der Waals surface area contributed by atoms with Crippen molar-refractivity contribution in [2.75, 3.05) is 13.6 Å². The van der Waals surface area contributed by atoms with E-state index in [-0.39, 0.29) is 5.91 Å². The van der Waals surface area contributed by atoms with Gasteiger partial charge in [-0.3, -0.25) is 4.79 Å². The maximum atomic E-state index is 12.0. The Hall–Kier alpha value is -0.870. The van der Waals surface area contributed by atoms with Gasteiger partial charge in [-0.2, -0.15) is 0 Å². The van der Waals surface area contributed by atoms with Crippen LogP contribution in [0.2, 0.25) is 0 Å². The van der Waals surface area contributed by atoms with E-state index in [2.05, 4.69) is 21.2 Å². The summed E-state index contributed by atoms with van der Waals surface area (Å²) in [5.74, 6) is 0.162. The van der Waals surface area contributed by atoms with Gasteiger partial charge in [-0.1, -0.05) is 40.9 Å². The highest BCUT2D eigenvalue weighted by Crippen LogP contribution is 2.17. The Morgan fingerprint density at radius 1 is 1.32 bits per heavy atom. The second-order valence-corrected chi connectivity index (χ2v) is 6.15. The molecule has 4 heteroatoms. The number of amides is 1. The molecule has 0 spiro atoms. The van der Waals surface area contributed by atoms with Crippen molar-refractivity contribution in [3.05, 3.63) is 34.3 Å². The lowest BCUT2D eigenvalue weighted by atomic mass is 10.2. The summed E-state index contributed by atoms with van der Waals surface area (Å²) in [5.41, 5.74) is 1.15. The first-order valence-corrected chi connectivity index (χ1v) is 7.66. The number of hydrogen-bond donors (Lipinski definition) is 1. The predicted octanol–water partition coefficient (Wildman–Crippen LogP) is 2.94. The summed E-state index contributed by atoms with van der Waals surface area (Å²) in [6, 6.07) is 8.63. The van der Waals surface area contributed by atoms with Crippen molar-refractivity contribution >= 4 is 21.8 Å². The molecule has 1 N–H and O–H groups in total. The van der Waals surface area contributed by atoms with Gasteiger partial charge < -0.3 is 10.2 Å². The smallest absolute Gasteiger partial charge is 0.236 e. The number of nitrogens with zero attached hydrogens (tertiary/aromatic N) is 1. The standard InChI is InChI=1S/C15H21BrN2O/c1-18(11-12-6-8-13(16)9-7-12)15(19)10-17-14-4-2-3-5-14/h6-9,14,17H,2-5,10-11H2,1H3. The minimum Gasteiger partial charge on any atom is -0.340 e. The molecule has 0 radical (unpaired) electrons. The number of benzene rings is 1. The van der Waals surface area contributed by atoms with E-state index in [1.807, 2.05) is 31.3 Å². The largest absolute Gasteiger partial charge is 0.340 e. The molecule has 1 fully saturated rings. The fraction of sp³-hybridized carbons (Fsp3) is 0.533. The van der Waals surface area contributed by atoms with Crippen LogP contribution in [-0.4, -0.2) is 30.4 Å². The second-order valence-electron chi connectivity index (χ2n) is 5.24. The maximum absolute atomic E-state index is 12.0. The number of nitrogens with one attached hydrogen (secondary N) is 1. The zero-order chi connectivity index (χ0) is 13.7. The summed E-state index contributed by atoms with van der Waals surface area (Å²) in [5, 5.41) is 3.36. The molecule has 1 aliphatic rings. The van der Waals surface area contributed by atoms with Crippen LogP contribution in [0.3, 0.4) is 0 Å². The normalized spacial score (nSPS) is 15.7. The van der Waals surface area contributed by atoms with Crippen LogP contribution < -0.4 is 5.32 Å². The van der Waals surface area contributed by atoms with Crippen LogP contribution in [0.5, 0.6) is 0 Å². The Morgan fingerprint density at radius 2 is 1.95 bits per heavy atom. The fourth-order valence-corrected chi connectivity index (χ4v) is 2.71. The lowest BCUT2D eigenvalue weighted by Crippen LogP contribution is -2.38. The summed E-state index contributed by atoms with van der Waals surface area (Å²) in [6.45, 7) is 1.12. The Kier molecular flexibility index (Phi) is 5.40. The molecule has 1 aromatic rings. The van der Waals surface area contributed by atoms with Crippen molar-refractivity contribution < 1.29 is 4.79 Å². The second kappa shape index (κ2) is 7.06. The van der Waals surface area contributed by atoms with E-state index in [1.54, 1.807) is 4.90 Å². The van der Waals surface area contributed by atoms with Crippen LogP contribution >= 0.6 is 15.9 Å². The molecule has 1 aliphatic carbocycles. The molecule has 0 saturated heterocycles. The predicted molar refractivity (Wildman–Crippen MR) is 80.9 cm³/mol. The number of carbonyl (C=O) groups excluding carboxylic acids is 1. The molecule has 1 aromatic carbocycles. The quantitative estimate of drug-likeness (QED) is 0.903. The molecule has 0 bridgehead atoms. The fourth-order valence-electron chi connectivity index (χ4n) is 2.45. The van der Waals surface area contributed by atoms with E-state index in [0.717, 1.165) is 10.0 Å². The van der Waals surface area contributed by atoms with Gasteiger partial charge in [0.2, 0.25) is 5.91 Å². The van der Waals surface area contributed by atoms with Crippen LogP contribution in [0.15, 0.2) is 28.7 Å². The van der Waals surface area contributed by atoms with E-state index in [1.165, 1.54) is 25.7 Å². The van der Waals surface area contributed by atoms with Crippen LogP contribution in [0, 0.1) is 0 Å². The van der Waals surface area contributed by atoms with Crippen molar-refractivity contribution in [1.29, 1.82) is 0 Å². The lowest BCUT2D eigenvalue weighted by molar-refractivity contribution is -0.129. The third-order valence-corrected chi connectivity index (χ3v) is 4.18. The Balaban J connectivity index is 1.76. The van der Waals surface area contributed by atoms with Gasteiger partial charge in [-0.15, -0.1) is 0 Å². The Labute approximate surface area is 123 Å². The average Bonchev–Trinajstić information content (AvgIpc) is 2.91. The molecular formula is C15H21BrN2O. The Bertz CT molecular complexity index is 413. The van der Waals surface area contributed by atoms with Crippen LogP contribution in [-0.2, 0) is 11.3 Å². The van der Waals surface area contributed by atoms with Crippen molar-refractivity contribution in [3.8, 4) is 0 Å². The lowest BCUT2D eigenvalue weighted by Gasteiger charge is -2.19. The summed E-state index contributed by atoms with van der Waals surface area (Å²) in [7, 11) is 1.86. The average molecular weight is 325 g/mol. The van der Waals surface area contributed by atoms with Crippen LogP contribution in [0.1, 0.15) is 31.2 Å². The topological polar surface area (TPSA) is 32.3 Å². The third-order valence-electron chi connectivity index (χ3n) is 3.66. The van der Waals surface area contributed by atoms with Crippen molar-refractivity contribution in [2.24, 2.45) is 0 Å². The van der Waals surface area contributed by atoms with Crippen molar-refractivity contribution in [3.63, 3.8) is 0 Å². The number of carbonyl (C=O) groups is 1. The molecule has 0 aromatic heterocycles. The highest BCUT2D eigenvalue weighted by molar-refractivity contribution is 9.10. The zero-order valence-electron chi connectivity index (χ0n) is 11.4. The first-order chi connectivity index (χ1) is 9.15. The minimum absolute atomic E-state index is 0.162. The molecule has 2 rings (SSSR count). The van der Waals surface area contributed by atoms with Gasteiger partial charge in [-0.25, -0.2) is 0 Å². The minimum atomic E-state index is 0.162. The molecule has 1 amide bonds. The SMILES string of the molecule is CN(Cc1ccc(Br)cc1)C(=O)CNC1CCCC1. The highest BCUT2D eigenvalue weighted by atomic mass is 79.9. The monoisotopic (exact) mass is 324 g/mol. The first-order valence-electron chi connectivity index (χ1n) is 6.87. The summed E-state index contributed by atoms with van der Waals surface area (Å²) < 4.78 is 1.06. The number of likely N-dealkylation sites (N-methyl/N-ethyl adjacent to an activating group) is 1. The molecule has 0 unspecified atom stereocenters. The van der Waals surface area contributed by atoms with Gasteiger partial charge >= 0.3 is 0 Å². The van der Waals surface area contributed by atoms with Gasteiger partial charge in [-0.05, 0) is 30.5 Å². The van der Waals surface area contributed by atoms with E-state index in [0.29, 0.717) is 19.1 Å². The van der Waals surface area contributed by atoms with E-state index in [9.17, 15) is 4.79 Å². The van der Waals surface area contributed by atoms with E-state index < -0.39 is 0 Å². The van der Waals surface area contributed by atoms with Gasteiger partial charge in [0, 0.05) is 24.1 Å². The summed E-state index contributed by atoms with van der Waals surface area (Å²) in [6.07, 6.45) is 5.01. The molecular weight excluding hydrogens is 304 g/mol. The number of hydrogen-bond acceptors (Lipinski definition) is 2. The van der Waals surface area contributed by atoms with E-state index in [4.69, 9.17) is 0 Å². The van der Waals surface area contributed by atoms with Gasteiger partial charge in [0.25, 0.3) is 0 Å². The molecule has 3 nitrogen and oxygen atoms in total. The highest BCUT2D eigenvalue weighted by Gasteiger charge is 2.16. The third kappa shape index (κ3) is 4.62. The first kappa shape index (κ1) is 14.5. The van der Waals surface area contributed by atoms with Gasteiger partial charge in [0.15, 0.2) is 0 Å². The zero-order valence-corrected chi connectivity index (χ0v) is 12.9. The molecule has 0 atom stereocenters. The summed E-state index contributed by atoms with van der Waals surface area (Å²) in [4.78, 5) is 13.8. The van der Waals surface area contributed by atoms with Crippen LogP contribution in [0.25, 0.3) is 0 Å². The van der Waals surface area contributed by atoms with Crippen molar-refractivity contribution in [2.45, 2.75) is 38.3 Å². The molecule has 0 heterocycles. The van der Waals surface area contributed by atoms with Crippen molar-refractivity contribution in [1.82, 2.24) is 10.2 Å². The van der Waals surface area contributed by atoms with E-state index >= 15 is 0 Å². The molecule has 1 saturated carbocycles. The maximum Gasteiger partial charge on any atom is 0.236 e. The number of halogens is 1. The number of rotatable bonds is 5.